The number of benzene rings is 1. The van der Waals surface area contributed by atoms with Gasteiger partial charge in [0.25, 0.3) is 0 Å². The minimum Gasteiger partial charge on any atom is -0.422 e. The normalized spacial score (nSPS) is 10.5. The molecule has 0 N–H and O–H groups in total. The topological polar surface area (TPSA) is 50.1 Å². The first-order chi connectivity index (χ1) is 7.84. The molecule has 0 bridgehead atoms. The average molecular weight is 245 g/mol. The van der Waals surface area contributed by atoms with Gasteiger partial charge < -0.3 is 4.74 Å². The Morgan fingerprint density at radius 3 is 2.59 bits per heavy atom. The van der Waals surface area contributed by atoms with Crippen LogP contribution < -0.4 is 9.92 Å². The Morgan fingerprint density at radius 1 is 1.41 bits per heavy atom. The van der Waals surface area contributed by atoms with Crippen molar-refractivity contribution in [3.05, 3.63) is 36.4 Å². The van der Waals surface area contributed by atoms with Crippen molar-refractivity contribution < 1.29 is 9.53 Å². The van der Waals surface area contributed by atoms with Crippen molar-refractivity contribution in [3.8, 4) is 11.8 Å². The molecule has 3 nitrogen and oxygen atoms in total. The summed E-state index contributed by atoms with van der Waals surface area (Å²) in [6.07, 6.45) is 0. The van der Waals surface area contributed by atoms with Gasteiger partial charge in [0.1, 0.15) is 17.4 Å². The van der Waals surface area contributed by atoms with Crippen molar-refractivity contribution in [3.63, 3.8) is 0 Å². The summed E-state index contributed by atoms with van der Waals surface area (Å²) >= 11 is 0. The zero-order chi connectivity index (χ0) is 13.1. The van der Waals surface area contributed by atoms with Crippen LogP contribution in [-0.4, -0.2) is 14.0 Å². The van der Waals surface area contributed by atoms with Crippen LogP contribution in [0.4, 0.5) is 0 Å². The first-order valence-corrected chi connectivity index (χ1v) is 8.76. The molecule has 1 rings (SSSR count). The first kappa shape index (κ1) is 13.2. The number of ether oxygens (including phenoxy) is 1. The Balaban J connectivity index is 2.91. The molecule has 0 radical (unpaired) electrons. The summed E-state index contributed by atoms with van der Waals surface area (Å²) in [5, 5.41) is 9.72. The average Bonchev–Trinajstić information content (AvgIpc) is 2.27. The van der Waals surface area contributed by atoms with E-state index in [1.54, 1.807) is 12.1 Å². The van der Waals surface area contributed by atoms with E-state index < -0.39 is 14.0 Å². The fourth-order valence-electron chi connectivity index (χ4n) is 1.24. The van der Waals surface area contributed by atoms with Crippen molar-refractivity contribution in [2.24, 2.45) is 0 Å². The summed E-state index contributed by atoms with van der Waals surface area (Å²) in [4.78, 5) is 11.4. The number of nitrogens with zero attached hydrogens (tertiary/aromatic N) is 1. The van der Waals surface area contributed by atoms with E-state index in [4.69, 9.17) is 10.00 Å². The van der Waals surface area contributed by atoms with Crippen molar-refractivity contribution >= 4 is 19.2 Å². The Kier molecular flexibility index (Phi) is 3.87. The van der Waals surface area contributed by atoms with Crippen LogP contribution in [0.1, 0.15) is 0 Å². The molecule has 4 heteroatoms. The smallest absolute Gasteiger partial charge is 0.353 e. The van der Waals surface area contributed by atoms with E-state index >= 15 is 0 Å². The van der Waals surface area contributed by atoms with Gasteiger partial charge in [-0.3, -0.25) is 0 Å². The Hall–Kier alpha value is -1.86. The zero-order valence-corrected chi connectivity index (χ0v) is 11.3. The number of hydrogen-bond donors (Lipinski definition) is 0. The lowest BCUT2D eigenvalue weighted by Gasteiger charge is -2.17. The van der Waals surface area contributed by atoms with Gasteiger partial charge >= 0.3 is 5.97 Å². The molecule has 0 fully saturated rings. The zero-order valence-electron chi connectivity index (χ0n) is 10.3. The van der Waals surface area contributed by atoms with Crippen LogP contribution in [0.2, 0.25) is 19.6 Å². The van der Waals surface area contributed by atoms with Gasteiger partial charge in [-0.2, -0.15) is 5.26 Å². The predicted molar refractivity (Wildman–Crippen MR) is 69.8 cm³/mol. The van der Waals surface area contributed by atoms with Crippen molar-refractivity contribution in [1.82, 2.24) is 0 Å². The highest BCUT2D eigenvalue weighted by atomic mass is 28.3. The molecule has 0 aromatic heterocycles. The fourth-order valence-corrected chi connectivity index (χ4v) is 2.41. The van der Waals surface area contributed by atoms with Crippen LogP contribution in [0.15, 0.2) is 36.4 Å². The molecule has 1 aromatic carbocycles. The van der Waals surface area contributed by atoms with Crippen LogP contribution in [-0.2, 0) is 4.79 Å². The van der Waals surface area contributed by atoms with Crippen molar-refractivity contribution in [2.45, 2.75) is 19.6 Å². The molecule has 0 spiro atoms. The lowest BCUT2D eigenvalue weighted by atomic mass is 10.3. The van der Waals surface area contributed by atoms with Crippen molar-refractivity contribution in [2.75, 3.05) is 0 Å². The molecule has 0 amide bonds. The van der Waals surface area contributed by atoms with Gasteiger partial charge in [0.15, 0.2) is 0 Å². The molecular weight excluding hydrogens is 230 g/mol. The molecule has 0 atom stereocenters. The Bertz CT molecular complexity index is 495. The lowest BCUT2D eigenvalue weighted by Crippen LogP contribution is -2.37. The third-order valence-electron chi connectivity index (χ3n) is 2.29. The van der Waals surface area contributed by atoms with Crippen LogP contribution >= 0.6 is 0 Å². The van der Waals surface area contributed by atoms with E-state index in [0.29, 0.717) is 5.75 Å². The van der Waals surface area contributed by atoms with Crippen LogP contribution in [0, 0.1) is 11.3 Å². The Morgan fingerprint density at radius 2 is 2.06 bits per heavy atom. The quantitative estimate of drug-likeness (QED) is 0.270. The van der Waals surface area contributed by atoms with E-state index in [9.17, 15) is 4.79 Å². The monoisotopic (exact) mass is 245 g/mol. The second kappa shape index (κ2) is 4.98. The number of rotatable bonds is 3. The molecule has 0 saturated heterocycles. The second-order valence-electron chi connectivity index (χ2n) is 4.76. The number of carbonyl (C=O) groups excluding carboxylic acids is 1. The summed E-state index contributed by atoms with van der Waals surface area (Å²) in [5.41, 5.74) is -0.191. The molecule has 17 heavy (non-hydrogen) atoms. The van der Waals surface area contributed by atoms with E-state index in [-0.39, 0.29) is 5.57 Å². The summed E-state index contributed by atoms with van der Waals surface area (Å²) in [6.45, 7) is 9.94. The highest BCUT2D eigenvalue weighted by molar-refractivity contribution is 6.88. The minimum atomic E-state index is -1.43. The molecule has 0 heterocycles. The molecule has 0 aliphatic heterocycles. The third kappa shape index (κ3) is 3.57. The Labute approximate surface area is 102 Å². The maximum Gasteiger partial charge on any atom is 0.353 e. The molecule has 1 aromatic rings. The summed E-state index contributed by atoms with van der Waals surface area (Å²) in [7, 11) is -1.43. The molecule has 0 aliphatic rings. The molecule has 88 valence electrons. The summed E-state index contributed by atoms with van der Waals surface area (Å²) in [6, 6.07) is 9.11. The maximum atomic E-state index is 11.4. The number of esters is 1. The standard InChI is InChI=1S/C13H15NO2Si/c1-10(9-14)13(15)16-11-6-5-7-12(8-11)17(2,3)4/h5-8H,1H2,2-4H3. The van der Waals surface area contributed by atoms with Crippen LogP contribution in [0.25, 0.3) is 0 Å². The van der Waals surface area contributed by atoms with E-state index in [1.807, 2.05) is 18.2 Å². The van der Waals surface area contributed by atoms with Gasteiger partial charge in [0, 0.05) is 0 Å². The minimum absolute atomic E-state index is 0.191. The van der Waals surface area contributed by atoms with Gasteiger partial charge in [-0.05, 0) is 12.1 Å². The SMILES string of the molecule is C=C(C#N)C(=O)Oc1cccc([Si](C)(C)C)c1. The van der Waals surface area contributed by atoms with E-state index in [0.717, 1.165) is 0 Å². The molecule has 0 unspecified atom stereocenters. The van der Waals surface area contributed by atoms with Gasteiger partial charge in [-0.1, -0.05) is 43.5 Å². The second-order valence-corrected chi connectivity index (χ2v) is 9.84. The number of hydrogen-bond acceptors (Lipinski definition) is 3. The third-order valence-corrected chi connectivity index (χ3v) is 4.34. The highest BCUT2D eigenvalue weighted by Gasteiger charge is 2.17. The maximum absolute atomic E-state index is 11.4. The van der Waals surface area contributed by atoms with Crippen LogP contribution in [0.5, 0.6) is 5.75 Å². The number of carbonyl (C=O) groups is 1. The largest absolute Gasteiger partial charge is 0.422 e. The molecule has 0 saturated carbocycles. The van der Waals surface area contributed by atoms with Gasteiger partial charge in [-0.25, -0.2) is 4.79 Å². The van der Waals surface area contributed by atoms with E-state index in [2.05, 4.69) is 26.2 Å². The van der Waals surface area contributed by atoms with Crippen LogP contribution in [0.3, 0.4) is 0 Å². The fraction of sp³-hybridized carbons (Fsp3) is 0.231. The first-order valence-electron chi connectivity index (χ1n) is 5.26. The summed E-state index contributed by atoms with van der Waals surface area (Å²) in [5.74, 6) is -0.230. The highest BCUT2D eigenvalue weighted by Crippen LogP contribution is 2.12. The lowest BCUT2D eigenvalue weighted by molar-refractivity contribution is -0.129. The van der Waals surface area contributed by atoms with Gasteiger partial charge in [-0.15, -0.1) is 0 Å². The van der Waals surface area contributed by atoms with Gasteiger partial charge in [0.05, 0.1) is 8.07 Å². The van der Waals surface area contributed by atoms with Gasteiger partial charge in [0.2, 0.25) is 0 Å². The summed E-state index contributed by atoms with van der Waals surface area (Å²) < 4.78 is 5.06. The molecule has 0 aliphatic carbocycles. The molecular formula is C13H15NO2Si. The van der Waals surface area contributed by atoms with E-state index in [1.165, 1.54) is 5.19 Å². The van der Waals surface area contributed by atoms with Crippen molar-refractivity contribution in [1.29, 1.82) is 5.26 Å². The predicted octanol–water partition coefficient (Wildman–Crippen LogP) is 2.22. The number of nitriles is 1.